The van der Waals surface area contributed by atoms with Crippen molar-refractivity contribution in [3.63, 3.8) is 0 Å². The van der Waals surface area contributed by atoms with E-state index in [1.807, 2.05) is 6.92 Å². The molecule has 0 heterocycles. The van der Waals surface area contributed by atoms with Gasteiger partial charge in [0.05, 0.1) is 12.5 Å². The molecule has 0 aromatic carbocycles. The molecule has 1 unspecified atom stereocenters. The molecular weight excluding hydrogens is 127 g/mol. The molecular formula is C7H13BO2. The van der Waals surface area contributed by atoms with Gasteiger partial charge in [0, 0.05) is 0 Å². The van der Waals surface area contributed by atoms with Crippen LogP contribution < -0.4 is 0 Å². The lowest BCUT2D eigenvalue weighted by molar-refractivity contribution is -0.144. The maximum absolute atomic E-state index is 11.0. The highest BCUT2D eigenvalue weighted by atomic mass is 16.5. The van der Waals surface area contributed by atoms with Crippen molar-refractivity contribution in [2.75, 3.05) is 6.61 Å². The maximum atomic E-state index is 11.0. The first-order valence-corrected chi connectivity index (χ1v) is 3.96. The monoisotopic (exact) mass is 140 g/mol. The van der Waals surface area contributed by atoms with Gasteiger partial charge in [-0.15, -0.1) is 0 Å². The summed E-state index contributed by atoms with van der Waals surface area (Å²) >= 11 is 0. The van der Waals surface area contributed by atoms with Crippen LogP contribution in [0.5, 0.6) is 0 Å². The second-order valence-corrected chi connectivity index (χ2v) is 2.76. The smallest absolute Gasteiger partial charge is 0.309 e. The average Bonchev–Trinajstić information content (AvgIpc) is 2.66. The van der Waals surface area contributed by atoms with Gasteiger partial charge in [-0.05, 0) is 19.3 Å². The third kappa shape index (κ3) is 1.52. The first kappa shape index (κ1) is 7.64. The van der Waals surface area contributed by atoms with Gasteiger partial charge in [-0.25, -0.2) is 0 Å². The topological polar surface area (TPSA) is 26.3 Å². The minimum absolute atomic E-state index is 0.00866. The molecule has 0 aromatic rings. The first-order valence-electron chi connectivity index (χ1n) is 3.96. The molecule has 0 aliphatic heterocycles. The van der Waals surface area contributed by atoms with Crippen LogP contribution in [0.2, 0.25) is 6.32 Å². The van der Waals surface area contributed by atoms with Gasteiger partial charge in [0.25, 0.3) is 0 Å². The molecule has 0 N–H and O–H groups in total. The van der Waals surface area contributed by atoms with E-state index in [0.717, 1.165) is 12.7 Å². The second-order valence-electron chi connectivity index (χ2n) is 2.76. The van der Waals surface area contributed by atoms with Crippen molar-refractivity contribution < 1.29 is 9.53 Å². The lowest BCUT2D eigenvalue weighted by atomic mass is 9.99. The van der Waals surface area contributed by atoms with Gasteiger partial charge >= 0.3 is 5.97 Å². The van der Waals surface area contributed by atoms with E-state index >= 15 is 0 Å². The standard InChI is InChI=1S/C7H13BO2/c1-2-10-7(9)6-3-5(6)4-8/h5-6H,2-4,8H2,1H3/t5-,6?/m0/s1. The van der Waals surface area contributed by atoms with Crippen molar-refractivity contribution in [3.05, 3.63) is 0 Å². The lowest BCUT2D eigenvalue weighted by Crippen LogP contribution is -2.07. The molecule has 0 amide bonds. The molecule has 2 atom stereocenters. The van der Waals surface area contributed by atoms with Crippen LogP contribution in [0.1, 0.15) is 13.3 Å². The van der Waals surface area contributed by atoms with Gasteiger partial charge in [-0.3, -0.25) is 4.79 Å². The largest absolute Gasteiger partial charge is 0.466 e. The van der Waals surface area contributed by atoms with Crippen LogP contribution in [0, 0.1) is 11.8 Å². The van der Waals surface area contributed by atoms with E-state index in [4.69, 9.17) is 4.74 Å². The third-order valence-corrected chi connectivity index (χ3v) is 2.04. The summed E-state index contributed by atoms with van der Waals surface area (Å²) in [5, 5.41) is 0. The van der Waals surface area contributed by atoms with Crippen molar-refractivity contribution in [2.24, 2.45) is 11.8 Å². The van der Waals surface area contributed by atoms with E-state index in [1.54, 1.807) is 0 Å². The third-order valence-electron chi connectivity index (χ3n) is 2.04. The molecule has 56 valence electrons. The first-order chi connectivity index (χ1) is 4.79. The van der Waals surface area contributed by atoms with Crippen molar-refractivity contribution >= 4 is 13.8 Å². The van der Waals surface area contributed by atoms with Crippen molar-refractivity contribution in [1.29, 1.82) is 0 Å². The highest BCUT2D eigenvalue weighted by molar-refractivity contribution is 6.09. The highest BCUT2D eigenvalue weighted by Gasteiger charge is 2.42. The summed E-state index contributed by atoms with van der Waals surface area (Å²) in [6.07, 6.45) is 2.17. The summed E-state index contributed by atoms with van der Waals surface area (Å²) in [5.41, 5.74) is 0. The van der Waals surface area contributed by atoms with Crippen molar-refractivity contribution in [1.82, 2.24) is 0 Å². The van der Waals surface area contributed by atoms with Crippen LogP contribution in [0.3, 0.4) is 0 Å². The molecule has 1 saturated carbocycles. The van der Waals surface area contributed by atoms with Crippen LogP contribution in [0.15, 0.2) is 0 Å². The van der Waals surface area contributed by atoms with Gasteiger partial charge in [0.1, 0.15) is 7.85 Å². The zero-order valence-corrected chi connectivity index (χ0v) is 6.59. The van der Waals surface area contributed by atoms with Gasteiger partial charge in [-0.1, -0.05) is 6.32 Å². The molecule has 0 spiro atoms. The van der Waals surface area contributed by atoms with E-state index in [-0.39, 0.29) is 11.9 Å². The molecule has 1 aliphatic rings. The molecule has 0 bridgehead atoms. The molecule has 3 heteroatoms. The van der Waals surface area contributed by atoms with Crippen LogP contribution in [0.4, 0.5) is 0 Å². The minimum Gasteiger partial charge on any atom is -0.466 e. The Bertz CT molecular complexity index is 136. The Morgan fingerprint density at radius 3 is 2.90 bits per heavy atom. The summed E-state index contributed by atoms with van der Waals surface area (Å²) in [4.78, 5) is 11.0. The highest BCUT2D eigenvalue weighted by Crippen LogP contribution is 2.41. The number of carbonyl (C=O) groups is 1. The summed E-state index contributed by atoms with van der Waals surface area (Å²) in [6.45, 7) is 2.37. The van der Waals surface area contributed by atoms with E-state index in [0.29, 0.717) is 12.5 Å². The van der Waals surface area contributed by atoms with Crippen LogP contribution in [-0.2, 0) is 9.53 Å². The fourth-order valence-corrected chi connectivity index (χ4v) is 1.24. The van der Waals surface area contributed by atoms with E-state index in [1.165, 1.54) is 0 Å². The Balaban J connectivity index is 2.19. The quantitative estimate of drug-likeness (QED) is 0.414. The van der Waals surface area contributed by atoms with Crippen LogP contribution in [-0.4, -0.2) is 20.4 Å². The van der Waals surface area contributed by atoms with E-state index < -0.39 is 0 Å². The number of hydrogen-bond donors (Lipinski definition) is 0. The van der Waals surface area contributed by atoms with Crippen molar-refractivity contribution in [2.45, 2.75) is 19.7 Å². The van der Waals surface area contributed by atoms with Crippen LogP contribution >= 0.6 is 0 Å². The molecule has 0 saturated heterocycles. The van der Waals surface area contributed by atoms with Crippen molar-refractivity contribution in [3.8, 4) is 0 Å². The molecule has 0 radical (unpaired) electrons. The summed E-state index contributed by atoms with van der Waals surface area (Å²) in [6, 6.07) is 0. The number of rotatable bonds is 3. The molecule has 1 aliphatic carbocycles. The summed E-state index contributed by atoms with van der Waals surface area (Å²) in [5.74, 6) is 0.873. The lowest BCUT2D eigenvalue weighted by Gasteiger charge is -1.97. The fourth-order valence-electron chi connectivity index (χ4n) is 1.24. The SMILES string of the molecule is BC[C@@H]1CC1C(=O)OCC. The summed E-state index contributed by atoms with van der Waals surface area (Å²) in [7, 11) is 2.11. The molecule has 1 rings (SSSR count). The Hall–Kier alpha value is -0.465. The fraction of sp³-hybridized carbons (Fsp3) is 0.857. The Labute approximate surface area is 62.3 Å². The Kier molecular flexibility index (Phi) is 2.36. The van der Waals surface area contributed by atoms with Gasteiger partial charge < -0.3 is 4.74 Å². The predicted molar refractivity (Wildman–Crippen MR) is 41.6 cm³/mol. The molecule has 2 nitrogen and oxygen atoms in total. The Morgan fingerprint density at radius 1 is 1.80 bits per heavy atom. The molecule has 1 fully saturated rings. The van der Waals surface area contributed by atoms with Gasteiger partial charge in [-0.2, -0.15) is 0 Å². The zero-order chi connectivity index (χ0) is 7.56. The number of hydrogen-bond acceptors (Lipinski definition) is 2. The van der Waals surface area contributed by atoms with E-state index in [9.17, 15) is 4.79 Å². The number of carbonyl (C=O) groups excluding carboxylic acids is 1. The molecule has 10 heavy (non-hydrogen) atoms. The van der Waals surface area contributed by atoms with Crippen LogP contribution in [0.25, 0.3) is 0 Å². The predicted octanol–water partition coefficient (Wildman–Crippen LogP) is 0.237. The van der Waals surface area contributed by atoms with E-state index in [2.05, 4.69) is 7.85 Å². The number of ether oxygens (including phenoxy) is 1. The number of esters is 1. The summed E-state index contributed by atoms with van der Waals surface area (Å²) < 4.78 is 4.86. The van der Waals surface area contributed by atoms with Gasteiger partial charge in [0.15, 0.2) is 0 Å². The Morgan fingerprint density at radius 2 is 2.50 bits per heavy atom. The zero-order valence-electron chi connectivity index (χ0n) is 6.59. The molecule has 0 aromatic heterocycles. The normalized spacial score (nSPS) is 29.7. The minimum atomic E-state index is 0.00866. The van der Waals surface area contributed by atoms with Gasteiger partial charge in [0.2, 0.25) is 0 Å². The maximum Gasteiger partial charge on any atom is 0.309 e. The average molecular weight is 140 g/mol. The second kappa shape index (κ2) is 3.08.